The Balaban J connectivity index is 2.39. The fourth-order valence-electron chi connectivity index (χ4n) is 1.01. The Morgan fingerprint density at radius 3 is 2.47 bits per heavy atom. The van der Waals surface area contributed by atoms with Gasteiger partial charge in [0.05, 0.1) is 11.5 Å². The molecule has 1 aromatic rings. The lowest BCUT2D eigenvalue weighted by Gasteiger charge is -2.13. The van der Waals surface area contributed by atoms with Gasteiger partial charge in [0.2, 0.25) is 0 Å². The van der Waals surface area contributed by atoms with Crippen LogP contribution in [0.4, 0.5) is 0 Å². The SMILES string of the molecule is CC(C)(C#N)CCSc1ccc(Cl)cc1. The van der Waals surface area contributed by atoms with Crippen LogP contribution in [0.3, 0.4) is 0 Å². The second-order valence-corrected chi connectivity index (χ2v) is 5.65. The van der Waals surface area contributed by atoms with Crippen molar-refractivity contribution >= 4 is 23.4 Å². The van der Waals surface area contributed by atoms with Crippen molar-refractivity contribution in [3.8, 4) is 6.07 Å². The van der Waals surface area contributed by atoms with Crippen molar-refractivity contribution in [1.29, 1.82) is 5.26 Å². The molecular weight excluding hydrogens is 226 g/mol. The van der Waals surface area contributed by atoms with Crippen LogP contribution in [0.5, 0.6) is 0 Å². The first kappa shape index (κ1) is 12.4. The summed E-state index contributed by atoms with van der Waals surface area (Å²) >= 11 is 7.55. The summed E-state index contributed by atoms with van der Waals surface area (Å²) < 4.78 is 0. The molecule has 0 aromatic heterocycles. The number of hydrogen-bond donors (Lipinski definition) is 0. The lowest BCUT2D eigenvalue weighted by Crippen LogP contribution is -2.08. The summed E-state index contributed by atoms with van der Waals surface area (Å²) in [6, 6.07) is 10.1. The van der Waals surface area contributed by atoms with Crippen molar-refractivity contribution < 1.29 is 0 Å². The minimum absolute atomic E-state index is 0.223. The molecule has 0 bridgehead atoms. The van der Waals surface area contributed by atoms with E-state index < -0.39 is 0 Å². The van der Waals surface area contributed by atoms with Crippen LogP contribution in [0.15, 0.2) is 29.2 Å². The fraction of sp³-hybridized carbons (Fsp3) is 0.417. The number of benzene rings is 1. The van der Waals surface area contributed by atoms with Gasteiger partial charge >= 0.3 is 0 Å². The molecule has 0 amide bonds. The molecule has 0 atom stereocenters. The summed E-state index contributed by atoms with van der Waals surface area (Å²) in [7, 11) is 0. The number of nitriles is 1. The Bertz CT molecular complexity index is 351. The van der Waals surface area contributed by atoms with Gasteiger partial charge in [-0.15, -0.1) is 11.8 Å². The quantitative estimate of drug-likeness (QED) is 0.729. The number of nitrogens with zero attached hydrogens (tertiary/aromatic N) is 1. The lowest BCUT2D eigenvalue weighted by atomic mass is 9.93. The van der Waals surface area contributed by atoms with E-state index in [0.29, 0.717) is 0 Å². The molecule has 3 heteroatoms. The molecule has 0 aliphatic heterocycles. The summed E-state index contributed by atoms with van der Waals surface area (Å²) in [6.07, 6.45) is 0.900. The molecule has 15 heavy (non-hydrogen) atoms. The smallest absolute Gasteiger partial charge is 0.0684 e. The molecule has 0 heterocycles. The van der Waals surface area contributed by atoms with Crippen LogP contribution >= 0.6 is 23.4 Å². The van der Waals surface area contributed by atoms with Gasteiger partial charge in [-0.1, -0.05) is 11.6 Å². The van der Waals surface area contributed by atoms with Crippen molar-refractivity contribution in [3.63, 3.8) is 0 Å². The Morgan fingerprint density at radius 1 is 1.33 bits per heavy atom. The topological polar surface area (TPSA) is 23.8 Å². The number of rotatable bonds is 4. The van der Waals surface area contributed by atoms with Crippen molar-refractivity contribution in [3.05, 3.63) is 29.3 Å². The third-order valence-corrected chi connectivity index (χ3v) is 3.38. The van der Waals surface area contributed by atoms with Crippen molar-refractivity contribution in [2.45, 2.75) is 25.2 Å². The number of thioether (sulfide) groups is 1. The number of hydrogen-bond acceptors (Lipinski definition) is 2. The minimum atomic E-state index is -0.223. The summed E-state index contributed by atoms with van der Waals surface area (Å²) in [6.45, 7) is 3.94. The predicted octanol–water partition coefficient (Wildman–Crippen LogP) is 4.37. The molecule has 0 unspecified atom stereocenters. The molecule has 1 nitrogen and oxygen atoms in total. The summed E-state index contributed by atoms with van der Waals surface area (Å²) in [5.41, 5.74) is -0.223. The highest BCUT2D eigenvalue weighted by molar-refractivity contribution is 7.99. The molecule has 0 fully saturated rings. The van der Waals surface area contributed by atoms with Crippen molar-refractivity contribution in [2.75, 3.05) is 5.75 Å². The molecule has 0 N–H and O–H groups in total. The lowest BCUT2D eigenvalue weighted by molar-refractivity contribution is 0.482. The van der Waals surface area contributed by atoms with Gasteiger partial charge in [-0.3, -0.25) is 0 Å². The van der Waals surface area contributed by atoms with Gasteiger partial charge in [0.1, 0.15) is 0 Å². The van der Waals surface area contributed by atoms with Crippen LogP contribution in [-0.4, -0.2) is 5.75 Å². The monoisotopic (exact) mass is 239 g/mol. The zero-order chi connectivity index (χ0) is 11.3. The molecule has 0 saturated carbocycles. The molecule has 80 valence electrons. The maximum absolute atomic E-state index is 8.85. The standard InChI is InChI=1S/C12H14ClNS/c1-12(2,9-14)7-8-15-11-5-3-10(13)4-6-11/h3-6H,7-8H2,1-2H3. The predicted molar refractivity (Wildman–Crippen MR) is 66.2 cm³/mol. The van der Waals surface area contributed by atoms with Crippen molar-refractivity contribution in [2.24, 2.45) is 5.41 Å². The Labute approximate surface area is 100 Å². The molecule has 0 radical (unpaired) electrons. The van der Waals surface area contributed by atoms with E-state index in [2.05, 4.69) is 6.07 Å². The first-order chi connectivity index (χ1) is 7.03. The summed E-state index contributed by atoms with van der Waals surface area (Å²) in [4.78, 5) is 1.20. The first-order valence-corrected chi connectivity index (χ1v) is 6.19. The normalized spacial score (nSPS) is 11.1. The van der Waals surface area contributed by atoms with Crippen LogP contribution in [0.1, 0.15) is 20.3 Å². The van der Waals surface area contributed by atoms with Gasteiger partial charge in [0.25, 0.3) is 0 Å². The van der Waals surface area contributed by atoms with Gasteiger partial charge in [0, 0.05) is 9.92 Å². The Kier molecular flexibility index (Phi) is 4.50. The van der Waals surface area contributed by atoms with Gasteiger partial charge in [-0.2, -0.15) is 5.26 Å². The van der Waals surface area contributed by atoms with Gasteiger partial charge in [-0.05, 0) is 50.3 Å². The maximum atomic E-state index is 8.85. The molecule has 0 spiro atoms. The third kappa shape index (κ3) is 4.59. The molecule has 1 rings (SSSR count). The van der Waals surface area contributed by atoms with Crippen LogP contribution < -0.4 is 0 Å². The molecule has 1 aromatic carbocycles. The average molecular weight is 240 g/mol. The van der Waals surface area contributed by atoms with E-state index in [1.165, 1.54) is 4.90 Å². The summed E-state index contributed by atoms with van der Waals surface area (Å²) in [5.74, 6) is 0.961. The third-order valence-electron chi connectivity index (χ3n) is 2.11. The van der Waals surface area contributed by atoms with E-state index in [4.69, 9.17) is 16.9 Å². The zero-order valence-corrected chi connectivity index (χ0v) is 10.5. The van der Waals surface area contributed by atoms with E-state index in [1.807, 2.05) is 38.1 Å². The van der Waals surface area contributed by atoms with Crippen LogP contribution in [0, 0.1) is 16.7 Å². The van der Waals surface area contributed by atoms with E-state index >= 15 is 0 Å². The van der Waals surface area contributed by atoms with Gasteiger partial charge in [0.15, 0.2) is 0 Å². The molecule has 0 aliphatic rings. The number of halogens is 1. The maximum Gasteiger partial charge on any atom is 0.0684 e. The highest BCUT2D eigenvalue weighted by Gasteiger charge is 2.15. The largest absolute Gasteiger partial charge is 0.198 e. The van der Waals surface area contributed by atoms with E-state index in [9.17, 15) is 0 Å². The fourth-order valence-corrected chi connectivity index (χ4v) is 2.31. The Morgan fingerprint density at radius 2 is 1.93 bits per heavy atom. The molecular formula is C12H14ClNS. The van der Waals surface area contributed by atoms with E-state index in [-0.39, 0.29) is 5.41 Å². The van der Waals surface area contributed by atoms with E-state index in [1.54, 1.807) is 11.8 Å². The molecule has 0 saturated heterocycles. The van der Waals surface area contributed by atoms with Gasteiger partial charge < -0.3 is 0 Å². The second kappa shape index (κ2) is 5.44. The first-order valence-electron chi connectivity index (χ1n) is 4.83. The average Bonchev–Trinajstić information content (AvgIpc) is 2.21. The van der Waals surface area contributed by atoms with Gasteiger partial charge in [-0.25, -0.2) is 0 Å². The summed E-state index contributed by atoms with van der Waals surface area (Å²) in [5, 5.41) is 9.61. The highest BCUT2D eigenvalue weighted by Crippen LogP contribution is 2.26. The highest BCUT2D eigenvalue weighted by atomic mass is 35.5. The Hall–Kier alpha value is -0.650. The second-order valence-electron chi connectivity index (χ2n) is 4.05. The molecule has 0 aliphatic carbocycles. The van der Waals surface area contributed by atoms with Crippen LogP contribution in [-0.2, 0) is 0 Å². The van der Waals surface area contributed by atoms with E-state index in [0.717, 1.165) is 17.2 Å². The van der Waals surface area contributed by atoms with Crippen LogP contribution in [0.2, 0.25) is 5.02 Å². The zero-order valence-electron chi connectivity index (χ0n) is 8.96. The van der Waals surface area contributed by atoms with Crippen LogP contribution in [0.25, 0.3) is 0 Å². The minimum Gasteiger partial charge on any atom is -0.198 e. The van der Waals surface area contributed by atoms with Crippen molar-refractivity contribution in [1.82, 2.24) is 0 Å².